The third kappa shape index (κ3) is 3.87. The molecule has 0 amide bonds. The lowest BCUT2D eigenvalue weighted by atomic mass is 9.69. The lowest BCUT2D eigenvalue weighted by Gasteiger charge is -2.45. The Balaban J connectivity index is 1.92. The SMILES string of the molecule is CC(C)=CC/C=C(\C)[C@H]1[C@@H]2OC(C)(C)O[C@@H]2CC[C@]12COC(C)(C)O2. The Bertz CT molecular complexity index is 568. The topological polar surface area (TPSA) is 36.9 Å². The van der Waals surface area contributed by atoms with Crippen LogP contribution in [0.1, 0.15) is 67.7 Å². The van der Waals surface area contributed by atoms with Gasteiger partial charge in [0.25, 0.3) is 0 Å². The first-order chi connectivity index (χ1) is 11.5. The quantitative estimate of drug-likeness (QED) is 0.689. The van der Waals surface area contributed by atoms with Crippen LogP contribution in [-0.4, -0.2) is 36.0 Å². The van der Waals surface area contributed by atoms with E-state index in [1.54, 1.807) is 0 Å². The third-order valence-electron chi connectivity index (χ3n) is 5.54. The summed E-state index contributed by atoms with van der Waals surface area (Å²) in [6.45, 7) is 15.1. The van der Waals surface area contributed by atoms with Gasteiger partial charge in [0.2, 0.25) is 0 Å². The maximum atomic E-state index is 6.50. The van der Waals surface area contributed by atoms with E-state index in [0.717, 1.165) is 19.3 Å². The minimum Gasteiger partial charge on any atom is -0.347 e. The van der Waals surface area contributed by atoms with Gasteiger partial charge in [0, 0.05) is 5.92 Å². The van der Waals surface area contributed by atoms with Crippen molar-refractivity contribution in [2.24, 2.45) is 5.92 Å². The van der Waals surface area contributed by atoms with E-state index in [2.05, 4.69) is 32.9 Å². The third-order valence-corrected chi connectivity index (χ3v) is 5.54. The molecule has 1 spiro atoms. The van der Waals surface area contributed by atoms with Crippen molar-refractivity contribution in [3.8, 4) is 0 Å². The molecule has 2 aliphatic heterocycles. The summed E-state index contributed by atoms with van der Waals surface area (Å²) in [7, 11) is 0. The Morgan fingerprint density at radius 2 is 1.72 bits per heavy atom. The molecule has 4 heteroatoms. The van der Waals surface area contributed by atoms with Gasteiger partial charge < -0.3 is 18.9 Å². The van der Waals surface area contributed by atoms with Gasteiger partial charge in [0.05, 0.1) is 18.8 Å². The van der Waals surface area contributed by atoms with Crippen LogP contribution < -0.4 is 0 Å². The molecule has 0 radical (unpaired) electrons. The molecule has 2 heterocycles. The summed E-state index contributed by atoms with van der Waals surface area (Å²) in [4.78, 5) is 0. The molecule has 1 saturated carbocycles. The number of hydrogen-bond donors (Lipinski definition) is 0. The molecule has 4 nitrogen and oxygen atoms in total. The van der Waals surface area contributed by atoms with Crippen LogP contribution in [0.15, 0.2) is 23.3 Å². The molecule has 0 aromatic carbocycles. The van der Waals surface area contributed by atoms with E-state index in [-0.39, 0.29) is 23.7 Å². The summed E-state index contributed by atoms with van der Waals surface area (Å²) >= 11 is 0. The number of rotatable bonds is 3. The van der Waals surface area contributed by atoms with E-state index in [1.807, 2.05) is 27.7 Å². The standard InChI is InChI=1S/C21H34O4/c1-14(2)9-8-10-15(3)17-18-16(23-20(6,7)24-18)11-12-21(17)13-22-19(4,5)25-21/h9-10,16-18H,8,11-13H2,1-7H3/b15-10+/t16-,17+,18-,21+/m1/s1. The Hall–Kier alpha value is -0.680. The maximum absolute atomic E-state index is 6.50. The van der Waals surface area contributed by atoms with Crippen LogP contribution in [0.25, 0.3) is 0 Å². The van der Waals surface area contributed by atoms with Gasteiger partial charge >= 0.3 is 0 Å². The predicted octanol–water partition coefficient (Wildman–Crippen LogP) is 4.74. The summed E-state index contributed by atoms with van der Waals surface area (Å²) in [6.07, 6.45) is 7.54. The highest BCUT2D eigenvalue weighted by molar-refractivity contribution is 5.20. The number of allylic oxidation sites excluding steroid dienone is 3. The molecular weight excluding hydrogens is 316 g/mol. The molecule has 0 N–H and O–H groups in total. The highest BCUT2D eigenvalue weighted by Gasteiger charge is 2.61. The van der Waals surface area contributed by atoms with Crippen molar-refractivity contribution in [1.29, 1.82) is 0 Å². The Morgan fingerprint density at radius 3 is 2.32 bits per heavy atom. The fraction of sp³-hybridized carbons (Fsp3) is 0.810. The highest BCUT2D eigenvalue weighted by atomic mass is 16.8. The number of fused-ring (bicyclic) bond motifs is 1. The van der Waals surface area contributed by atoms with Gasteiger partial charge in [-0.1, -0.05) is 23.3 Å². The molecule has 3 fully saturated rings. The average molecular weight is 350 g/mol. The molecule has 0 aromatic heterocycles. The first kappa shape index (κ1) is 19.1. The summed E-state index contributed by atoms with van der Waals surface area (Å²) in [5.41, 5.74) is 2.33. The zero-order valence-electron chi connectivity index (χ0n) is 16.8. The molecule has 142 valence electrons. The van der Waals surface area contributed by atoms with Crippen LogP contribution in [0.4, 0.5) is 0 Å². The Morgan fingerprint density at radius 1 is 1.00 bits per heavy atom. The van der Waals surface area contributed by atoms with Crippen molar-refractivity contribution < 1.29 is 18.9 Å². The lowest BCUT2D eigenvalue weighted by Crippen LogP contribution is -2.55. The molecule has 3 aliphatic rings. The fourth-order valence-corrected chi connectivity index (χ4v) is 4.61. The number of hydrogen-bond acceptors (Lipinski definition) is 4. The van der Waals surface area contributed by atoms with Crippen LogP contribution in [0.2, 0.25) is 0 Å². The van der Waals surface area contributed by atoms with Crippen LogP contribution in [0, 0.1) is 5.92 Å². The van der Waals surface area contributed by atoms with Crippen molar-refractivity contribution >= 4 is 0 Å². The minimum absolute atomic E-state index is 0.0178. The molecule has 25 heavy (non-hydrogen) atoms. The summed E-state index contributed by atoms with van der Waals surface area (Å²) in [5, 5.41) is 0. The summed E-state index contributed by atoms with van der Waals surface area (Å²) in [5.74, 6) is -0.922. The van der Waals surface area contributed by atoms with Gasteiger partial charge in [-0.05, 0) is 67.7 Å². The van der Waals surface area contributed by atoms with E-state index in [9.17, 15) is 0 Å². The summed E-state index contributed by atoms with van der Waals surface area (Å²) in [6, 6.07) is 0. The van der Waals surface area contributed by atoms with Crippen LogP contribution >= 0.6 is 0 Å². The average Bonchev–Trinajstić information content (AvgIpc) is 2.94. The van der Waals surface area contributed by atoms with Crippen LogP contribution in [0.3, 0.4) is 0 Å². The van der Waals surface area contributed by atoms with Crippen molar-refractivity contribution in [2.45, 2.75) is 97.1 Å². The molecule has 0 aromatic rings. The Kier molecular flexibility index (Phi) is 4.95. The van der Waals surface area contributed by atoms with Gasteiger partial charge in [-0.15, -0.1) is 0 Å². The number of ether oxygens (including phenoxy) is 4. The first-order valence-corrected chi connectivity index (χ1v) is 9.53. The largest absolute Gasteiger partial charge is 0.347 e. The van der Waals surface area contributed by atoms with Gasteiger partial charge in [0.15, 0.2) is 11.6 Å². The second-order valence-electron chi connectivity index (χ2n) is 8.98. The van der Waals surface area contributed by atoms with E-state index < -0.39 is 11.6 Å². The van der Waals surface area contributed by atoms with Gasteiger partial charge in [-0.2, -0.15) is 0 Å². The molecule has 3 rings (SSSR count). The van der Waals surface area contributed by atoms with Gasteiger partial charge in [0.1, 0.15) is 5.60 Å². The van der Waals surface area contributed by atoms with Crippen LogP contribution in [0.5, 0.6) is 0 Å². The maximum Gasteiger partial charge on any atom is 0.163 e. The van der Waals surface area contributed by atoms with Gasteiger partial charge in [-0.3, -0.25) is 0 Å². The molecule has 4 atom stereocenters. The second-order valence-corrected chi connectivity index (χ2v) is 8.98. The smallest absolute Gasteiger partial charge is 0.163 e. The molecule has 0 unspecified atom stereocenters. The molecule has 0 bridgehead atoms. The monoisotopic (exact) mass is 350 g/mol. The fourth-order valence-electron chi connectivity index (χ4n) is 4.61. The zero-order valence-corrected chi connectivity index (χ0v) is 16.8. The molecular formula is C21H34O4. The molecule has 1 aliphatic carbocycles. The first-order valence-electron chi connectivity index (χ1n) is 9.53. The minimum atomic E-state index is -0.541. The lowest BCUT2D eigenvalue weighted by molar-refractivity contribution is -0.192. The van der Waals surface area contributed by atoms with E-state index in [1.165, 1.54) is 11.1 Å². The van der Waals surface area contributed by atoms with E-state index in [0.29, 0.717) is 6.61 Å². The zero-order chi connectivity index (χ0) is 18.5. The van der Waals surface area contributed by atoms with Crippen LogP contribution in [-0.2, 0) is 18.9 Å². The van der Waals surface area contributed by atoms with Crippen molar-refractivity contribution in [3.05, 3.63) is 23.3 Å². The van der Waals surface area contributed by atoms with E-state index >= 15 is 0 Å². The highest BCUT2D eigenvalue weighted by Crippen LogP contribution is 2.52. The van der Waals surface area contributed by atoms with Crippen molar-refractivity contribution in [2.75, 3.05) is 6.61 Å². The van der Waals surface area contributed by atoms with Gasteiger partial charge in [-0.25, -0.2) is 0 Å². The Labute approximate surface area is 152 Å². The van der Waals surface area contributed by atoms with Crippen molar-refractivity contribution in [3.63, 3.8) is 0 Å². The molecule has 2 saturated heterocycles. The van der Waals surface area contributed by atoms with E-state index in [4.69, 9.17) is 18.9 Å². The van der Waals surface area contributed by atoms with Crippen molar-refractivity contribution in [1.82, 2.24) is 0 Å². The summed E-state index contributed by atoms with van der Waals surface area (Å²) < 4.78 is 25.0. The second kappa shape index (κ2) is 6.49. The predicted molar refractivity (Wildman–Crippen MR) is 98.2 cm³/mol. The normalized spacial score (nSPS) is 39.5.